The first kappa shape index (κ1) is 18.1. The molecule has 0 aliphatic heterocycles. The number of nitriles is 2. The summed E-state index contributed by atoms with van der Waals surface area (Å²) in [6.45, 7) is 0. The van der Waals surface area contributed by atoms with Crippen LogP contribution in [0.5, 0.6) is 0 Å². The van der Waals surface area contributed by atoms with Crippen LogP contribution in [0.25, 0.3) is 11.1 Å². The first-order chi connectivity index (χ1) is 12.6. The molecular formula is C19H10Cl2N4S. The summed E-state index contributed by atoms with van der Waals surface area (Å²) in [5, 5.41) is 20.3. The number of aromatic nitrogens is 1. The van der Waals surface area contributed by atoms with Crippen LogP contribution in [0.15, 0.2) is 58.5 Å². The maximum absolute atomic E-state index is 9.78. The summed E-state index contributed by atoms with van der Waals surface area (Å²) >= 11 is 13.7. The number of pyridine rings is 1. The highest BCUT2D eigenvalue weighted by molar-refractivity contribution is 7.99. The molecule has 7 heteroatoms. The zero-order valence-corrected chi connectivity index (χ0v) is 15.5. The van der Waals surface area contributed by atoms with Crippen LogP contribution in [0.3, 0.4) is 0 Å². The molecule has 126 valence electrons. The van der Waals surface area contributed by atoms with Gasteiger partial charge in [-0.1, -0.05) is 65.3 Å². The fourth-order valence-electron chi connectivity index (χ4n) is 2.44. The van der Waals surface area contributed by atoms with Gasteiger partial charge in [0, 0.05) is 16.0 Å². The molecule has 3 aromatic rings. The average molecular weight is 397 g/mol. The lowest BCUT2D eigenvalue weighted by molar-refractivity contribution is 1.11. The Kier molecular flexibility index (Phi) is 5.35. The number of nitrogen functional groups attached to an aromatic ring is 1. The number of nitrogens with two attached hydrogens (primary N) is 1. The highest BCUT2D eigenvalue weighted by atomic mass is 35.5. The summed E-state index contributed by atoms with van der Waals surface area (Å²) < 4.78 is 0. The molecule has 0 bridgehead atoms. The van der Waals surface area contributed by atoms with Crippen LogP contribution in [0, 0.1) is 22.7 Å². The van der Waals surface area contributed by atoms with Crippen molar-refractivity contribution in [3.8, 4) is 23.3 Å². The number of halogens is 2. The van der Waals surface area contributed by atoms with Crippen LogP contribution < -0.4 is 5.73 Å². The first-order valence-electron chi connectivity index (χ1n) is 7.37. The zero-order chi connectivity index (χ0) is 18.7. The highest BCUT2D eigenvalue weighted by Crippen LogP contribution is 2.42. The van der Waals surface area contributed by atoms with Gasteiger partial charge in [0.05, 0.1) is 15.6 Å². The number of hydrogen-bond acceptors (Lipinski definition) is 5. The van der Waals surface area contributed by atoms with E-state index in [2.05, 4.69) is 11.1 Å². The second kappa shape index (κ2) is 7.68. The topological polar surface area (TPSA) is 86.5 Å². The van der Waals surface area contributed by atoms with E-state index in [0.29, 0.717) is 21.2 Å². The van der Waals surface area contributed by atoms with Crippen LogP contribution in [0.2, 0.25) is 10.0 Å². The molecule has 1 heterocycles. The van der Waals surface area contributed by atoms with E-state index in [0.717, 1.165) is 4.90 Å². The van der Waals surface area contributed by atoms with Gasteiger partial charge < -0.3 is 5.73 Å². The van der Waals surface area contributed by atoms with Gasteiger partial charge in [0.2, 0.25) is 0 Å². The molecule has 2 aromatic carbocycles. The van der Waals surface area contributed by atoms with Gasteiger partial charge in [0.15, 0.2) is 0 Å². The van der Waals surface area contributed by atoms with E-state index in [-0.39, 0.29) is 22.0 Å². The molecule has 0 aliphatic rings. The average Bonchev–Trinajstić information content (AvgIpc) is 2.64. The Balaban J connectivity index is 2.31. The summed E-state index contributed by atoms with van der Waals surface area (Å²) in [6.07, 6.45) is 0. The quantitative estimate of drug-likeness (QED) is 0.628. The molecule has 0 fully saturated rings. The van der Waals surface area contributed by atoms with Gasteiger partial charge in [-0.3, -0.25) is 0 Å². The Hall–Kier alpha value is -2.70. The maximum Gasteiger partial charge on any atom is 0.143 e. The molecule has 0 saturated heterocycles. The number of hydrogen-bond donors (Lipinski definition) is 1. The molecule has 0 amide bonds. The second-order valence-corrected chi connectivity index (χ2v) is 7.01. The molecule has 0 spiro atoms. The van der Waals surface area contributed by atoms with Gasteiger partial charge in [-0.2, -0.15) is 10.5 Å². The van der Waals surface area contributed by atoms with Crippen molar-refractivity contribution in [2.45, 2.75) is 9.92 Å². The van der Waals surface area contributed by atoms with Crippen LogP contribution in [0.1, 0.15) is 11.1 Å². The van der Waals surface area contributed by atoms with Crippen molar-refractivity contribution in [2.75, 3.05) is 5.73 Å². The van der Waals surface area contributed by atoms with E-state index in [9.17, 15) is 10.5 Å². The molecule has 0 unspecified atom stereocenters. The summed E-state index contributed by atoms with van der Waals surface area (Å²) in [4.78, 5) is 5.16. The minimum absolute atomic E-state index is 0.0379. The fraction of sp³-hybridized carbons (Fsp3) is 0. The minimum Gasteiger partial charge on any atom is -0.383 e. The lowest BCUT2D eigenvalue weighted by Crippen LogP contribution is -2.03. The van der Waals surface area contributed by atoms with E-state index >= 15 is 0 Å². The molecule has 2 N–H and O–H groups in total. The Labute approximate surface area is 164 Å². The van der Waals surface area contributed by atoms with E-state index in [1.54, 1.807) is 18.2 Å². The van der Waals surface area contributed by atoms with Crippen molar-refractivity contribution < 1.29 is 0 Å². The van der Waals surface area contributed by atoms with E-state index < -0.39 is 0 Å². The lowest BCUT2D eigenvalue weighted by Gasteiger charge is -2.14. The predicted molar refractivity (Wildman–Crippen MR) is 104 cm³/mol. The normalized spacial score (nSPS) is 10.2. The summed E-state index contributed by atoms with van der Waals surface area (Å²) in [7, 11) is 0. The predicted octanol–water partition coefficient (Wildman–Crippen LogP) is 5.53. The molecule has 0 atom stereocenters. The lowest BCUT2D eigenvalue weighted by atomic mass is 9.97. The second-order valence-electron chi connectivity index (χ2n) is 5.17. The molecule has 1 aromatic heterocycles. The van der Waals surface area contributed by atoms with Crippen molar-refractivity contribution in [3.05, 3.63) is 69.7 Å². The highest BCUT2D eigenvalue weighted by Gasteiger charge is 2.23. The summed E-state index contributed by atoms with van der Waals surface area (Å²) in [6, 6.07) is 18.7. The molecule has 0 saturated carbocycles. The van der Waals surface area contributed by atoms with Gasteiger partial charge in [0.1, 0.15) is 28.5 Å². The van der Waals surface area contributed by atoms with Crippen molar-refractivity contribution in [3.63, 3.8) is 0 Å². The van der Waals surface area contributed by atoms with Gasteiger partial charge >= 0.3 is 0 Å². The smallest absolute Gasteiger partial charge is 0.143 e. The Morgan fingerprint density at radius 1 is 0.923 bits per heavy atom. The summed E-state index contributed by atoms with van der Waals surface area (Å²) in [5.41, 5.74) is 7.14. The Bertz CT molecular complexity index is 1070. The molecular weight excluding hydrogens is 387 g/mol. The third-order valence-electron chi connectivity index (χ3n) is 3.59. The maximum atomic E-state index is 9.78. The van der Waals surface area contributed by atoms with E-state index in [1.165, 1.54) is 11.8 Å². The number of nitrogens with zero attached hydrogens (tertiary/aromatic N) is 3. The molecule has 0 aliphatic carbocycles. The largest absolute Gasteiger partial charge is 0.383 e. The molecule has 0 radical (unpaired) electrons. The van der Waals surface area contributed by atoms with Crippen molar-refractivity contribution in [2.24, 2.45) is 0 Å². The number of rotatable bonds is 3. The number of benzene rings is 2. The molecule has 26 heavy (non-hydrogen) atoms. The van der Waals surface area contributed by atoms with Crippen molar-refractivity contribution in [1.82, 2.24) is 4.98 Å². The Morgan fingerprint density at radius 3 is 2.27 bits per heavy atom. The van der Waals surface area contributed by atoms with Gasteiger partial charge in [-0.25, -0.2) is 4.98 Å². The van der Waals surface area contributed by atoms with Crippen LogP contribution in [0.4, 0.5) is 5.82 Å². The van der Waals surface area contributed by atoms with Crippen LogP contribution in [-0.2, 0) is 0 Å². The first-order valence-corrected chi connectivity index (χ1v) is 8.95. The molecule has 3 rings (SSSR count). The van der Waals surface area contributed by atoms with Gasteiger partial charge in [0.25, 0.3) is 0 Å². The third-order valence-corrected chi connectivity index (χ3v) is 5.41. The standard InChI is InChI=1S/C19H10Cl2N4S/c20-15-8-4-7-12(17(15)21)16-13(9-22)18(24)25-19(14(16)10-23)26-11-5-2-1-3-6-11/h1-8H,(H2,24,25). The van der Waals surface area contributed by atoms with E-state index in [4.69, 9.17) is 28.9 Å². The van der Waals surface area contributed by atoms with Crippen LogP contribution in [-0.4, -0.2) is 4.98 Å². The van der Waals surface area contributed by atoms with Crippen LogP contribution >= 0.6 is 35.0 Å². The Morgan fingerprint density at radius 2 is 1.62 bits per heavy atom. The molecule has 4 nitrogen and oxygen atoms in total. The van der Waals surface area contributed by atoms with E-state index in [1.807, 2.05) is 36.4 Å². The van der Waals surface area contributed by atoms with Crippen molar-refractivity contribution >= 4 is 40.8 Å². The van der Waals surface area contributed by atoms with Crippen molar-refractivity contribution in [1.29, 1.82) is 10.5 Å². The number of anilines is 1. The third kappa shape index (κ3) is 3.34. The zero-order valence-electron chi connectivity index (χ0n) is 13.2. The minimum atomic E-state index is 0.0379. The van der Waals surface area contributed by atoms with Gasteiger partial charge in [-0.15, -0.1) is 0 Å². The fourth-order valence-corrected chi connectivity index (χ4v) is 3.74. The van der Waals surface area contributed by atoms with Gasteiger partial charge in [-0.05, 0) is 18.2 Å². The SMILES string of the molecule is N#Cc1c(N)nc(Sc2ccccc2)c(C#N)c1-c1cccc(Cl)c1Cl. The monoisotopic (exact) mass is 396 g/mol. The summed E-state index contributed by atoms with van der Waals surface area (Å²) in [5.74, 6) is 0.0379.